The van der Waals surface area contributed by atoms with Gasteiger partial charge >= 0.3 is 5.97 Å². The van der Waals surface area contributed by atoms with Gasteiger partial charge in [-0.25, -0.2) is 13.2 Å². The number of hydrogen-bond donors (Lipinski definition) is 0. The minimum atomic E-state index is -3.92. The zero-order valence-corrected chi connectivity index (χ0v) is 21.4. The number of ether oxygens (including phenoxy) is 2. The Bertz CT molecular complexity index is 1150. The molecule has 0 amide bonds. The van der Waals surface area contributed by atoms with Crippen LogP contribution in [0.25, 0.3) is 0 Å². The van der Waals surface area contributed by atoms with E-state index >= 15 is 0 Å². The molecular formula is C25H34N2O6S. The summed E-state index contributed by atoms with van der Waals surface area (Å²) in [7, 11) is 0.583. The fraction of sp³-hybridized carbons (Fsp3) is 0.520. The molecule has 9 heteroatoms. The Morgan fingerprint density at radius 3 is 2.24 bits per heavy atom. The molecule has 0 radical (unpaired) electrons. The number of aromatic nitrogens is 1. The molecule has 0 atom stereocenters. The van der Waals surface area contributed by atoms with Crippen molar-refractivity contribution in [3.8, 4) is 5.75 Å². The van der Waals surface area contributed by atoms with Gasteiger partial charge in [-0.3, -0.25) is 4.79 Å². The third-order valence-corrected chi connectivity index (χ3v) is 8.62. The van der Waals surface area contributed by atoms with E-state index in [1.807, 2.05) is 0 Å². The van der Waals surface area contributed by atoms with Crippen LogP contribution in [0.15, 0.2) is 29.2 Å². The molecule has 0 unspecified atom stereocenters. The zero-order chi connectivity index (χ0) is 25.0. The van der Waals surface area contributed by atoms with E-state index in [2.05, 4.69) is 0 Å². The number of ketones is 1. The molecule has 1 aromatic heterocycles. The van der Waals surface area contributed by atoms with Crippen molar-refractivity contribution < 1.29 is 27.5 Å². The number of esters is 1. The van der Waals surface area contributed by atoms with Crippen LogP contribution in [0.3, 0.4) is 0 Å². The lowest BCUT2D eigenvalue weighted by atomic mass is 9.89. The van der Waals surface area contributed by atoms with Gasteiger partial charge in [0.25, 0.3) is 0 Å². The van der Waals surface area contributed by atoms with Gasteiger partial charge in [-0.1, -0.05) is 19.3 Å². The van der Waals surface area contributed by atoms with E-state index in [-0.39, 0.29) is 29.7 Å². The van der Waals surface area contributed by atoms with Crippen molar-refractivity contribution in [2.75, 3.05) is 27.3 Å². The fourth-order valence-corrected chi connectivity index (χ4v) is 6.29. The topological polar surface area (TPSA) is 94.9 Å². The molecule has 186 valence electrons. The summed E-state index contributed by atoms with van der Waals surface area (Å²) >= 11 is 0. The number of Topliss-reactive ketones (excluding diaryl/α,β-unsaturated/α-hetero) is 1. The molecule has 0 aliphatic heterocycles. The molecule has 1 aliphatic rings. The van der Waals surface area contributed by atoms with Gasteiger partial charge in [-0.2, -0.15) is 4.31 Å². The molecule has 1 aliphatic carbocycles. The third-order valence-electron chi connectivity index (χ3n) is 6.79. The lowest BCUT2D eigenvalue weighted by Gasteiger charge is -2.29. The highest BCUT2D eigenvalue weighted by Crippen LogP contribution is 2.29. The van der Waals surface area contributed by atoms with Crippen molar-refractivity contribution in [2.24, 2.45) is 13.0 Å². The summed E-state index contributed by atoms with van der Waals surface area (Å²) < 4.78 is 40.2. The van der Waals surface area contributed by atoms with Crippen molar-refractivity contribution in [3.63, 3.8) is 0 Å². The van der Waals surface area contributed by atoms with Gasteiger partial charge < -0.3 is 14.0 Å². The lowest BCUT2D eigenvalue weighted by Crippen LogP contribution is -2.39. The summed E-state index contributed by atoms with van der Waals surface area (Å²) in [6.07, 6.45) is 5.17. The van der Waals surface area contributed by atoms with E-state index < -0.39 is 16.0 Å². The molecule has 1 fully saturated rings. The van der Waals surface area contributed by atoms with Crippen LogP contribution in [0.2, 0.25) is 0 Å². The summed E-state index contributed by atoms with van der Waals surface area (Å²) in [5.41, 5.74) is 1.75. The Labute approximate surface area is 201 Å². The van der Waals surface area contributed by atoms with Crippen LogP contribution < -0.4 is 4.74 Å². The van der Waals surface area contributed by atoms with Crippen molar-refractivity contribution in [1.29, 1.82) is 0 Å². The second-order valence-electron chi connectivity index (χ2n) is 8.88. The van der Waals surface area contributed by atoms with Gasteiger partial charge in [0, 0.05) is 24.8 Å². The molecule has 1 aromatic carbocycles. The molecule has 0 bridgehead atoms. The molecule has 0 N–H and O–H groups in total. The normalized spacial score (nSPS) is 14.9. The van der Waals surface area contributed by atoms with E-state index in [4.69, 9.17) is 9.47 Å². The van der Waals surface area contributed by atoms with E-state index in [9.17, 15) is 18.0 Å². The lowest BCUT2D eigenvalue weighted by molar-refractivity contribution is 0.0588. The molecule has 0 saturated heterocycles. The standard InChI is InChI=1S/C25H34N2O6S/c1-17-23(18(2)26(3)24(17)25(29)33-5)22(28)16-27(15-19-9-7-6-8-10-19)34(30,31)21-13-11-20(32-4)12-14-21/h11-14,19H,6-10,15-16H2,1-5H3. The van der Waals surface area contributed by atoms with Gasteiger partial charge in [-0.05, 0) is 62.4 Å². The maximum Gasteiger partial charge on any atom is 0.354 e. The van der Waals surface area contributed by atoms with Gasteiger partial charge in [0.1, 0.15) is 11.4 Å². The molecule has 3 rings (SSSR count). The van der Waals surface area contributed by atoms with Gasteiger partial charge in [0.05, 0.1) is 25.7 Å². The summed E-state index contributed by atoms with van der Waals surface area (Å²) in [5.74, 6) is -0.112. The van der Waals surface area contributed by atoms with Crippen LogP contribution in [0.5, 0.6) is 5.75 Å². The number of rotatable bonds is 9. The minimum Gasteiger partial charge on any atom is -0.497 e. The van der Waals surface area contributed by atoms with Crippen LogP contribution in [0, 0.1) is 19.8 Å². The average Bonchev–Trinajstić information content (AvgIpc) is 3.06. The number of nitrogens with zero attached hydrogens (tertiary/aromatic N) is 2. The average molecular weight is 491 g/mol. The Morgan fingerprint density at radius 2 is 1.68 bits per heavy atom. The van der Waals surface area contributed by atoms with Crippen LogP contribution in [0.4, 0.5) is 0 Å². The predicted molar refractivity (Wildman–Crippen MR) is 129 cm³/mol. The third kappa shape index (κ3) is 5.20. The Morgan fingerprint density at radius 1 is 1.06 bits per heavy atom. The second kappa shape index (κ2) is 10.7. The highest BCUT2D eigenvalue weighted by atomic mass is 32.2. The highest BCUT2D eigenvalue weighted by molar-refractivity contribution is 7.89. The first kappa shape index (κ1) is 26.0. The van der Waals surface area contributed by atoms with Crippen molar-refractivity contribution in [3.05, 3.63) is 46.8 Å². The first-order chi connectivity index (χ1) is 16.1. The number of hydrogen-bond acceptors (Lipinski definition) is 6. The summed E-state index contributed by atoms with van der Waals surface area (Å²) in [6, 6.07) is 6.20. The smallest absolute Gasteiger partial charge is 0.354 e. The maximum atomic E-state index is 13.6. The number of carbonyl (C=O) groups is 2. The number of benzene rings is 1. The predicted octanol–water partition coefficient (Wildman–Crippen LogP) is 3.89. The molecule has 0 spiro atoms. The SMILES string of the molecule is COC(=O)c1c(C)c(C(=O)CN(CC2CCCCC2)S(=O)(=O)c2ccc(OC)cc2)c(C)n1C. The van der Waals surface area contributed by atoms with E-state index in [1.54, 1.807) is 37.6 Å². The molecule has 2 aromatic rings. The van der Waals surface area contributed by atoms with Gasteiger partial charge in [0.2, 0.25) is 10.0 Å². The van der Waals surface area contributed by atoms with Crippen molar-refractivity contribution >= 4 is 21.8 Å². The molecular weight excluding hydrogens is 456 g/mol. The summed E-state index contributed by atoms with van der Waals surface area (Å²) in [6.45, 7) is 3.43. The Hall–Kier alpha value is -2.65. The largest absolute Gasteiger partial charge is 0.497 e. The van der Waals surface area contributed by atoms with E-state index in [0.717, 1.165) is 32.1 Å². The second-order valence-corrected chi connectivity index (χ2v) is 10.8. The van der Waals surface area contributed by atoms with Crippen LogP contribution in [-0.2, 0) is 21.8 Å². The first-order valence-electron chi connectivity index (χ1n) is 11.5. The molecule has 8 nitrogen and oxygen atoms in total. The monoisotopic (exact) mass is 490 g/mol. The fourth-order valence-electron chi connectivity index (χ4n) is 4.82. The maximum absolute atomic E-state index is 13.6. The quantitative estimate of drug-likeness (QED) is 0.391. The van der Waals surface area contributed by atoms with Crippen LogP contribution >= 0.6 is 0 Å². The van der Waals surface area contributed by atoms with E-state index in [1.165, 1.54) is 30.7 Å². The van der Waals surface area contributed by atoms with E-state index in [0.29, 0.717) is 28.3 Å². The van der Waals surface area contributed by atoms with Gasteiger partial charge in [0.15, 0.2) is 5.78 Å². The number of methoxy groups -OCH3 is 2. The zero-order valence-electron chi connectivity index (χ0n) is 20.6. The Balaban J connectivity index is 1.97. The van der Waals surface area contributed by atoms with Crippen LogP contribution in [0.1, 0.15) is 64.2 Å². The molecule has 1 saturated carbocycles. The van der Waals surface area contributed by atoms with Crippen molar-refractivity contribution in [1.82, 2.24) is 8.87 Å². The molecule has 34 heavy (non-hydrogen) atoms. The Kier molecular flexibility index (Phi) is 8.20. The van der Waals surface area contributed by atoms with Crippen molar-refractivity contribution in [2.45, 2.75) is 50.8 Å². The highest BCUT2D eigenvalue weighted by Gasteiger charge is 2.32. The minimum absolute atomic E-state index is 0.119. The van der Waals surface area contributed by atoms with Gasteiger partial charge in [-0.15, -0.1) is 0 Å². The number of sulfonamides is 1. The summed E-state index contributed by atoms with van der Waals surface area (Å²) in [4.78, 5) is 25.9. The number of carbonyl (C=O) groups excluding carboxylic acids is 2. The first-order valence-corrected chi connectivity index (χ1v) is 13.0. The van der Waals surface area contributed by atoms with Crippen LogP contribution in [-0.4, -0.2) is 56.4 Å². The summed E-state index contributed by atoms with van der Waals surface area (Å²) in [5, 5.41) is 0. The molecule has 1 heterocycles.